The molecule has 4 heterocycles. The topological polar surface area (TPSA) is 384 Å². The van der Waals surface area contributed by atoms with Gasteiger partial charge in [0, 0.05) is 76.6 Å². The van der Waals surface area contributed by atoms with Crippen molar-refractivity contribution in [3.63, 3.8) is 0 Å². The summed E-state index contributed by atoms with van der Waals surface area (Å²) in [7, 11) is -24.4. The minimum Gasteiger partial charge on any atom is -0.744 e. The largest absolute Gasteiger partial charge is 0.744 e. The van der Waals surface area contributed by atoms with Crippen LogP contribution in [-0.4, -0.2) is 117 Å². The maximum Gasteiger partial charge on any atom is 0.295 e. The third-order valence-electron chi connectivity index (χ3n) is 13.3. The molecule has 412 valence electrons. The molecule has 0 unspecified atom stereocenters. The van der Waals surface area contributed by atoms with E-state index in [1.54, 1.807) is 56.4 Å². The van der Waals surface area contributed by atoms with Crippen molar-refractivity contribution in [3.8, 4) is 0 Å². The highest BCUT2D eigenvalue weighted by Crippen LogP contribution is 2.52. The van der Waals surface area contributed by atoms with Gasteiger partial charge in [-0.2, -0.15) is 29.8 Å². The van der Waals surface area contributed by atoms with Gasteiger partial charge in [-0.1, -0.05) is 37.3 Å². The molecular weight excluding hydrogens is 1140 g/mol. The number of nitrogens with two attached hydrogens (primary N) is 1. The van der Waals surface area contributed by atoms with Crippen LogP contribution in [0.5, 0.6) is 0 Å². The Morgan fingerprint density at radius 1 is 0.782 bits per heavy atom. The second-order valence-electron chi connectivity index (χ2n) is 18.9. The number of nitrogens with zero attached hydrogens (tertiary/aromatic N) is 5. The minimum absolute atomic E-state index is 0.00972. The predicted octanol–water partition coefficient (Wildman–Crippen LogP) is 5.03. The summed E-state index contributed by atoms with van der Waals surface area (Å²) in [6.07, 6.45) is 8.00. The molecule has 7 N–H and O–H groups in total. The normalized spacial score (nSPS) is 16.4. The maximum absolute atomic E-state index is 13.3. The van der Waals surface area contributed by atoms with Crippen molar-refractivity contribution in [3.05, 3.63) is 119 Å². The first kappa shape index (κ1) is 57.5. The van der Waals surface area contributed by atoms with Crippen LogP contribution in [0.15, 0.2) is 121 Å². The lowest BCUT2D eigenvalue weighted by molar-refractivity contribution is -0.433. The molecular formula is C48H48N8O16S6. The van der Waals surface area contributed by atoms with Gasteiger partial charge in [0.1, 0.15) is 21.6 Å². The van der Waals surface area contributed by atoms with E-state index in [1.807, 2.05) is 37.2 Å². The van der Waals surface area contributed by atoms with E-state index < -0.39 is 97.1 Å². The minimum atomic E-state index is -5.27. The van der Waals surface area contributed by atoms with E-state index >= 15 is 0 Å². The van der Waals surface area contributed by atoms with Gasteiger partial charge in [0.25, 0.3) is 46.3 Å². The lowest BCUT2D eigenvalue weighted by atomic mass is 9.79. The molecule has 6 aromatic rings. The van der Waals surface area contributed by atoms with Crippen LogP contribution in [-0.2, 0) is 66.1 Å². The van der Waals surface area contributed by atoms with E-state index in [2.05, 4.69) is 25.8 Å². The van der Waals surface area contributed by atoms with E-state index in [0.717, 1.165) is 12.1 Å². The molecule has 2 aliphatic heterocycles. The number of pyridine rings is 1. The fourth-order valence-electron chi connectivity index (χ4n) is 9.89. The number of likely N-dealkylation sites (N-methyl/N-ethyl adjacent to an activating group) is 1. The van der Waals surface area contributed by atoms with Gasteiger partial charge >= 0.3 is 0 Å². The number of amides is 2. The molecule has 2 amide bonds. The molecule has 0 spiro atoms. The molecule has 0 bridgehead atoms. The first-order valence-corrected chi connectivity index (χ1v) is 31.2. The first-order chi connectivity index (χ1) is 36.1. The SMILES string of the molecule is CCN1/C(=C/C=C(/C=C/C2=[N+](CC)c3ccc4c(S(=O)(=O)[O-])cc(S(=O)(=O)O)cc4c3C2(C)C)c2ccc(C(=O)NCCC(=O)Nc3nnc(S(N)(=O)=O)s3)cn2)C(C)(C)c2c1ccc1c(S(=O)(=O)O)cc(S(=O)(=O)O)cc21. The van der Waals surface area contributed by atoms with Crippen LogP contribution >= 0.6 is 11.3 Å². The monoisotopic (exact) mass is 1180 g/mol. The highest BCUT2D eigenvalue weighted by molar-refractivity contribution is 7.91. The zero-order valence-electron chi connectivity index (χ0n) is 41.9. The zero-order valence-corrected chi connectivity index (χ0v) is 46.8. The molecule has 78 heavy (non-hydrogen) atoms. The van der Waals surface area contributed by atoms with Crippen LogP contribution in [0.25, 0.3) is 27.1 Å². The Balaban J connectivity index is 1.22. The summed E-state index contributed by atoms with van der Waals surface area (Å²) in [4.78, 5) is 29.3. The molecule has 0 saturated carbocycles. The van der Waals surface area contributed by atoms with E-state index in [0.29, 0.717) is 81.7 Å². The van der Waals surface area contributed by atoms with Gasteiger partial charge in [-0.05, 0) is 105 Å². The van der Waals surface area contributed by atoms with Crippen molar-refractivity contribution in [2.75, 3.05) is 29.9 Å². The van der Waals surface area contributed by atoms with Gasteiger partial charge in [0.05, 0.1) is 31.4 Å². The quantitative estimate of drug-likeness (QED) is 0.0320. The molecule has 0 aliphatic carbocycles. The van der Waals surface area contributed by atoms with Gasteiger partial charge in [-0.25, -0.2) is 22.0 Å². The van der Waals surface area contributed by atoms with Crippen LogP contribution in [0.2, 0.25) is 0 Å². The van der Waals surface area contributed by atoms with Crippen LogP contribution < -0.4 is 20.7 Å². The summed E-state index contributed by atoms with van der Waals surface area (Å²) in [5.41, 5.74) is 1.90. The standard InChI is InChI=1S/C48H48N8O16S6/c1-7-55-35-15-12-30-32(21-28(75(61,62)63)23-37(30)77(67,68)69)42(35)47(3,4)39(55)17-10-26(34-14-9-27(25-51-34)44(58)50-20-19-41(57)52-45-53-54-46(73-45)74(49,59)60)11-18-40-48(5,6)43-33-22-29(76(64,65)66)24-38(78(70,71)72)31(33)13-16-36(43)56(40)8-2/h9-18,21-25H,7-8,19-20H2,1-6H3,(H7-,49,50,52,53,57,58,59,60,61,62,63,64,65,66,67,68,69,70,71,72). The number of carbonyl (C=O) groups is 2. The van der Waals surface area contributed by atoms with Crippen molar-refractivity contribution >= 4 is 123 Å². The van der Waals surface area contributed by atoms with Gasteiger partial charge in [-0.15, -0.1) is 10.2 Å². The summed E-state index contributed by atoms with van der Waals surface area (Å²) in [5, 5.41) is 17.0. The summed E-state index contributed by atoms with van der Waals surface area (Å²) in [6.45, 7) is 11.4. The number of rotatable bonds is 16. The fourth-order valence-corrected chi connectivity index (χ4v) is 13.9. The van der Waals surface area contributed by atoms with E-state index in [-0.39, 0.29) is 45.2 Å². The number of benzene rings is 4. The maximum atomic E-state index is 13.3. The molecule has 24 nitrogen and oxygen atoms in total. The van der Waals surface area contributed by atoms with E-state index in [9.17, 15) is 69.9 Å². The lowest BCUT2D eigenvalue weighted by Gasteiger charge is -2.26. The Bertz CT molecular complexity index is 4300. The summed E-state index contributed by atoms with van der Waals surface area (Å²) in [6, 6.07) is 12.6. The van der Waals surface area contributed by atoms with Gasteiger partial charge in [-0.3, -0.25) is 28.2 Å². The third kappa shape index (κ3) is 10.9. The van der Waals surface area contributed by atoms with Gasteiger partial charge < -0.3 is 20.1 Å². The fraction of sp³-hybridized carbons (Fsp3) is 0.250. The summed E-state index contributed by atoms with van der Waals surface area (Å²) in [5.74, 6) is -1.23. The lowest BCUT2D eigenvalue weighted by Crippen LogP contribution is -2.28. The Kier molecular flexibility index (Phi) is 14.9. The average Bonchev–Trinajstić information content (AvgIpc) is 4.19. The Morgan fingerprint density at radius 2 is 1.40 bits per heavy atom. The van der Waals surface area contributed by atoms with E-state index in [4.69, 9.17) is 5.14 Å². The first-order valence-electron chi connectivity index (χ1n) is 23.1. The highest BCUT2D eigenvalue weighted by Gasteiger charge is 2.46. The number of nitrogens with one attached hydrogen (secondary N) is 2. The number of fused-ring (bicyclic) bond motifs is 6. The highest BCUT2D eigenvalue weighted by atomic mass is 32.3. The molecule has 30 heteroatoms. The van der Waals surface area contributed by atoms with Crippen molar-refractivity contribution in [1.29, 1.82) is 0 Å². The second-order valence-corrected chi connectivity index (χ2v) is 27.2. The predicted molar refractivity (Wildman–Crippen MR) is 286 cm³/mol. The number of carbonyl (C=O) groups excluding carboxylic acids is 2. The van der Waals surface area contributed by atoms with Crippen LogP contribution in [0.1, 0.15) is 75.1 Å². The molecule has 0 radical (unpaired) electrons. The number of sulfonamides is 1. The van der Waals surface area contributed by atoms with Crippen molar-refractivity contribution in [2.45, 2.75) is 82.7 Å². The van der Waals surface area contributed by atoms with Gasteiger partial charge in [0.15, 0.2) is 5.71 Å². The van der Waals surface area contributed by atoms with Crippen LogP contribution in [0.4, 0.5) is 16.5 Å². The molecule has 0 atom stereocenters. The number of allylic oxidation sites excluding steroid dienone is 6. The average molecular weight is 1190 g/mol. The Morgan fingerprint density at radius 3 is 1.95 bits per heavy atom. The number of hydrogen-bond acceptors (Lipinski definition) is 18. The Hall–Kier alpha value is -6.71. The zero-order chi connectivity index (χ0) is 57.5. The smallest absolute Gasteiger partial charge is 0.295 e. The number of primary sulfonamides is 1. The van der Waals surface area contributed by atoms with Crippen molar-refractivity contribution < 1.29 is 74.5 Å². The number of aromatic nitrogens is 3. The molecule has 2 aromatic heterocycles. The molecule has 4 aromatic carbocycles. The Labute approximate surface area is 452 Å². The van der Waals surface area contributed by atoms with Gasteiger partial charge in [0.2, 0.25) is 21.1 Å². The summed E-state index contributed by atoms with van der Waals surface area (Å²) >= 11 is 0.544. The summed E-state index contributed by atoms with van der Waals surface area (Å²) < 4.78 is 168. The molecule has 0 saturated heterocycles. The second kappa shape index (κ2) is 20.2. The molecule has 8 rings (SSSR count). The van der Waals surface area contributed by atoms with E-state index in [1.165, 1.54) is 24.4 Å². The van der Waals surface area contributed by atoms with Crippen molar-refractivity contribution in [1.82, 2.24) is 20.5 Å². The number of hydrogen-bond donors (Lipinski definition) is 6. The van der Waals surface area contributed by atoms with Crippen molar-refractivity contribution in [2.24, 2.45) is 5.14 Å². The third-order valence-corrected chi connectivity index (χ3v) is 18.8. The number of anilines is 2. The molecule has 0 fully saturated rings. The molecule has 2 aliphatic rings. The van der Waals surface area contributed by atoms with Crippen LogP contribution in [0, 0.1) is 0 Å². The van der Waals surface area contributed by atoms with Crippen LogP contribution in [0.3, 0.4) is 0 Å².